The van der Waals surface area contributed by atoms with Gasteiger partial charge in [-0.3, -0.25) is 60.7 Å². The summed E-state index contributed by atoms with van der Waals surface area (Å²) in [4.78, 5) is 153. The SMILES string of the molecule is CC(C)OC(=O)CN(C)/C(=N/O)NC(=O)OC(C)(C)C.CCO/N=C(\NC(=O)OCC)N(C)CC(C)=O.CN(CC(=O)OC(C)(C)C)/C(=N\O)NC(=O)OC(C)(C)C.[2H]C([2H])([2H])N(CC(=O)OC(C)(C)C)/C(=N\O)NC(=O)OC(C)(C)C.[2H]C([2H])([2H])N(CC(=O)OC(C)C)/C(=N/O)NC(=O)OC(C)(C)C.[2H]C([2H])([2H])N(CC(C)=O)/C(=N/OCC)NC(=O)OCC. The second-order valence-electron chi connectivity index (χ2n) is 29.5. The molecule has 0 aromatic carbocycles. The first-order valence-corrected chi connectivity index (χ1v) is 35.4. The molecular weight excluding hydrogens is 1540 g/mol. The van der Waals surface area contributed by atoms with Crippen LogP contribution >= 0.6 is 0 Å². The first kappa shape index (κ1) is 96.8. The van der Waals surface area contributed by atoms with Crippen LogP contribution in [0.25, 0.3) is 0 Å². The molecule has 0 saturated heterocycles. The van der Waals surface area contributed by atoms with Crippen molar-refractivity contribution in [1.29, 1.82) is 0 Å². The van der Waals surface area contributed by atoms with Crippen molar-refractivity contribution in [3.8, 4) is 0 Å². The van der Waals surface area contributed by atoms with Gasteiger partial charge >= 0.3 is 60.4 Å². The summed E-state index contributed by atoms with van der Waals surface area (Å²) in [5.74, 6) is -5.40. The number of Topliss-reactive ketones (excluding diaryl/α,β-unsaturated/α-hetero) is 2. The molecule has 0 unspecified atom stereocenters. The molecule has 0 atom stereocenters. The number of amides is 6. The lowest BCUT2D eigenvalue weighted by molar-refractivity contribution is -0.156. The minimum Gasteiger partial charge on any atom is -0.462 e. The molecule has 0 aromatic heterocycles. The van der Waals surface area contributed by atoms with Gasteiger partial charge in [-0.1, -0.05) is 20.6 Å². The van der Waals surface area contributed by atoms with E-state index in [1.54, 1.807) is 187 Å². The second kappa shape index (κ2) is 58.3. The van der Waals surface area contributed by atoms with Crippen molar-refractivity contribution in [3.05, 3.63) is 0 Å². The standard InChI is InChI=1S/2C13H25N3O5.2C12H23N3O5.2C10H19N3O4/c2*1-12(2,3)20-9(17)8-16(7)10(15-19)14-11(18)21-13(4,5)6;2*1-8(2)19-9(16)7-15(6)10(14-18)13-11(17)20-12(3,4)5;2*1-5-16-10(15)11-9(12-17-6-2)13(4)7-8(3)14/h2*19H,8H2,1-7H3,(H,14,15,18);2*8,18H,7H2,1-6H3,(H,13,14,17);2*5-7H2,1-4H3,(H,11,12,15)/i7D3;;6D3;;4D3;. The third kappa shape index (κ3) is 72.7. The second-order valence-corrected chi connectivity index (χ2v) is 29.5. The molecule has 0 radical (unpaired) electrons. The van der Waals surface area contributed by atoms with Crippen LogP contribution in [0.1, 0.15) is 206 Å². The predicted molar refractivity (Wildman–Crippen MR) is 424 cm³/mol. The maximum Gasteiger partial charge on any atom is 0.414 e. The highest BCUT2D eigenvalue weighted by molar-refractivity contribution is 5.99. The zero-order valence-corrected chi connectivity index (χ0v) is 72.7. The van der Waals surface area contributed by atoms with E-state index in [0.29, 0.717) is 21.3 Å². The number of nitrogens with one attached hydrogen (secondary N) is 6. The van der Waals surface area contributed by atoms with Crippen LogP contribution in [0.5, 0.6) is 0 Å². The van der Waals surface area contributed by atoms with Crippen LogP contribution < -0.4 is 31.9 Å². The summed E-state index contributed by atoms with van der Waals surface area (Å²) in [6.45, 7) is 36.2. The third-order valence-electron chi connectivity index (χ3n) is 9.94. The summed E-state index contributed by atoms with van der Waals surface area (Å²) in [6.07, 6.45) is -5.85. The summed E-state index contributed by atoms with van der Waals surface area (Å²) in [5.41, 5.74) is -4.50. The Balaban J connectivity index is -0.000000341. The Bertz CT molecular complexity index is 3560. The Morgan fingerprint density at radius 3 is 0.750 bits per heavy atom. The van der Waals surface area contributed by atoms with Crippen LogP contribution in [-0.2, 0) is 85.8 Å². The average molecular weight is 1680 g/mol. The molecule has 0 rings (SSSR count). The molecule has 0 aliphatic rings. The molecule has 0 aliphatic carbocycles. The topological polar surface area (TPSA) is 562 Å². The van der Waals surface area contributed by atoms with E-state index in [-0.39, 0.29) is 69.2 Å². The van der Waals surface area contributed by atoms with E-state index in [2.05, 4.69) is 56.9 Å². The van der Waals surface area contributed by atoms with Crippen LogP contribution in [0, 0.1) is 0 Å². The van der Waals surface area contributed by atoms with Crippen LogP contribution in [0.15, 0.2) is 30.9 Å². The molecule has 0 saturated carbocycles. The van der Waals surface area contributed by atoms with Gasteiger partial charge in [0, 0.05) is 54.4 Å². The van der Waals surface area contributed by atoms with Crippen molar-refractivity contribution < 1.29 is 148 Å². The molecule has 116 heavy (non-hydrogen) atoms. The highest BCUT2D eigenvalue weighted by Crippen LogP contribution is 2.12. The molecule has 0 heterocycles. The van der Waals surface area contributed by atoms with Crippen LogP contribution in [0.4, 0.5) is 28.8 Å². The molecule has 46 nitrogen and oxygen atoms in total. The zero-order chi connectivity index (χ0) is 99.6. The van der Waals surface area contributed by atoms with Gasteiger partial charge in [-0.2, -0.15) is 0 Å². The Hall–Kier alpha value is -11.5. The van der Waals surface area contributed by atoms with E-state index in [1.165, 1.54) is 42.6 Å². The number of alkyl carbamates (subject to hydrolysis) is 6. The van der Waals surface area contributed by atoms with Gasteiger partial charge in [0.1, 0.15) is 84.6 Å². The number of carbonyl (C=O) groups is 12. The lowest BCUT2D eigenvalue weighted by Crippen LogP contribution is -2.46. The molecule has 0 spiro atoms. The number of hydrogen-bond donors (Lipinski definition) is 10. The normalized spacial score (nSPS) is 13.3. The predicted octanol–water partition coefficient (Wildman–Crippen LogP) is 6.46. The fourth-order valence-corrected chi connectivity index (χ4v) is 6.36. The smallest absolute Gasteiger partial charge is 0.414 e. The van der Waals surface area contributed by atoms with Gasteiger partial charge in [0.2, 0.25) is 35.8 Å². The Morgan fingerprint density at radius 1 is 0.319 bits per heavy atom. The number of likely N-dealkylation sites (N-methyl/N-ethyl adjacent to an activating group) is 6. The van der Waals surface area contributed by atoms with Crippen LogP contribution in [0.2, 0.25) is 0 Å². The van der Waals surface area contributed by atoms with Gasteiger partial charge in [0.25, 0.3) is 0 Å². The van der Waals surface area contributed by atoms with Gasteiger partial charge < -0.3 is 107 Å². The van der Waals surface area contributed by atoms with Crippen molar-refractivity contribution in [2.45, 2.75) is 240 Å². The lowest BCUT2D eigenvalue weighted by atomic mass is 10.2. The molecule has 6 amide bonds. The molecule has 10 N–H and O–H groups in total. The first-order chi connectivity index (χ1) is 56.4. The minimum atomic E-state index is -2.87. The van der Waals surface area contributed by atoms with E-state index in [1.807, 2.05) is 10.6 Å². The summed E-state index contributed by atoms with van der Waals surface area (Å²) < 4.78 is 116. The first-order valence-electron chi connectivity index (χ1n) is 39.9. The number of oxime groups is 6. The Kier molecular flexibility index (Phi) is 48.7. The molecule has 0 aliphatic heterocycles. The quantitative estimate of drug-likeness (QED) is 0.0156. The van der Waals surface area contributed by atoms with Crippen molar-refractivity contribution >= 4 is 108 Å². The average Bonchev–Trinajstić information content (AvgIpc) is 0.848. The fourth-order valence-electron chi connectivity index (χ4n) is 6.36. The third-order valence-corrected chi connectivity index (χ3v) is 9.94. The number of hydrogen-bond acceptors (Lipinski definition) is 34. The minimum absolute atomic E-state index is 0.0534. The summed E-state index contributed by atoms with van der Waals surface area (Å²) in [6, 6.07) is 0. The van der Waals surface area contributed by atoms with Crippen molar-refractivity contribution in [2.75, 3.05) is 108 Å². The number of guanidine groups is 6. The number of ketones is 2. The molecule has 46 heteroatoms. The van der Waals surface area contributed by atoms with Gasteiger partial charge in [-0.05, 0) is 204 Å². The number of rotatable bonds is 20. The maximum absolute atomic E-state index is 11.9. The number of ether oxygens (including phenoxy) is 10. The monoisotopic (exact) mass is 1680 g/mol. The van der Waals surface area contributed by atoms with Gasteiger partial charge in [0.15, 0.2) is 0 Å². The number of carbonyl (C=O) groups excluding carboxylic acids is 12. The summed E-state index contributed by atoms with van der Waals surface area (Å²) in [7, 11) is 4.55. The van der Waals surface area contributed by atoms with Gasteiger partial charge in [-0.15, -0.1) is 0 Å². The van der Waals surface area contributed by atoms with E-state index in [4.69, 9.17) is 85.5 Å². The van der Waals surface area contributed by atoms with Crippen LogP contribution in [0.3, 0.4) is 0 Å². The van der Waals surface area contributed by atoms with E-state index in [0.717, 1.165) is 0 Å². The number of esters is 4. The van der Waals surface area contributed by atoms with E-state index >= 15 is 0 Å². The van der Waals surface area contributed by atoms with Crippen molar-refractivity contribution in [1.82, 2.24) is 61.3 Å². The van der Waals surface area contributed by atoms with Crippen molar-refractivity contribution in [2.24, 2.45) is 30.9 Å². The van der Waals surface area contributed by atoms with Gasteiger partial charge in [0.05, 0.1) is 38.5 Å². The largest absolute Gasteiger partial charge is 0.462 e. The van der Waals surface area contributed by atoms with Crippen molar-refractivity contribution in [3.63, 3.8) is 0 Å². The summed E-state index contributed by atoms with van der Waals surface area (Å²) in [5, 5.41) is 67.3. The van der Waals surface area contributed by atoms with Gasteiger partial charge in [-0.25, -0.2) is 28.8 Å². The molecule has 0 fully saturated rings. The number of nitrogens with zero attached hydrogens (tertiary/aromatic N) is 12. The highest BCUT2D eigenvalue weighted by Gasteiger charge is 2.28. The highest BCUT2D eigenvalue weighted by atomic mass is 16.6. The zero-order valence-electron chi connectivity index (χ0n) is 81.7. The lowest BCUT2D eigenvalue weighted by Gasteiger charge is -2.25. The molecule has 672 valence electrons. The molecular formula is C70H134N18O28. The molecule has 0 aromatic rings. The maximum atomic E-state index is 11.9. The van der Waals surface area contributed by atoms with E-state index in [9.17, 15) is 57.5 Å². The Labute approximate surface area is 693 Å². The summed E-state index contributed by atoms with van der Waals surface area (Å²) >= 11 is 0. The molecule has 0 bridgehead atoms. The fraction of sp³-hybridized carbons (Fsp3) is 0.743. The van der Waals surface area contributed by atoms with Crippen LogP contribution in [-0.4, -0.2) is 312 Å². The van der Waals surface area contributed by atoms with E-state index < -0.39 is 164 Å². The Morgan fingerprint density at radius 2 is 0.526 bits per heavy atom.